The van der Waals surface area contributed by atoms with Crippen molar-refractivity contribution in [3.05, 3.63) is 36.7 Å². The molecule has 0 spiro atoms. The van der Waals surface area contributed by atoms with Crippen LogP contribution in [0.25, 0.3) is 11.1 Å². The quantitative estimate of drug-likeness (QED) is 0.753. The topological polar surface area (TPSA) is 37.9 Å². The van der Waals surface area contributed by atoms with Gasteiger partial charge in [-0.15, -0.1) is 0 Å². The highest BCUT2D eigenvalue weighted by Crippen LogP contribution is 2.27. The second-order valence-corrected chi connectivity index (χ2v) is 2.61. The van der Waals surface area contributed by atoms with Crippen LogP contribution < -0.4 is 4.74 Å². The van der Waals surface area contributed by atoms with Crippen LogP contribution in [0.5, 0.6) is 5.75 Å². The largest absolute Gasteiger partial charge is 0.496 e. The van der Waals surface area contributed by atoms with Gasteiger partial charge in [0.1, 0.15) is 5.75 Å². The van der Waals surface area contributed by atoms with E-state index in [1.54, 1.807) is 13.3 Å². The average Bonchev–Trinajstić information content (AvgIpc) is 2.70. The second kappa shape index (κ2) is 3.31. The first-order valence-corrected chi connectivity index (χ1v) is 3.95. The molecule has 3 nitrogen and oxygen atoms in total. The van der Waals surface area contributed by atoms with E-state index in [1.165, 1.54) is 0 Å². The maximum atomic E-state index is 5.20. The van der Waals surface area contributed by atoms with Gasteiger partial charge in [0.25, 0.3) is 0 Å². The van der Waals surface area contributed by atoms with Crippen molar-refractivity contribution in [3.8, 4) is 16.9 Å². The van der Waals surface area contributed by atoms with Crippen LogP contribution in [0.3, 0.4) is 0 Å². The summed E-state index contributed by atoms with van der Waals surface area (Å²) in [5.41, 5.74) is 2.04. The molecule has 2 aromatic rings. The minimum absolute atomic E-state index is 0.809. The first kappa shape index (κ1) is 7.86. The summed E-state index contributed by atoms with van der Waals surface area (Å²) in [5.74, 6) is 0.809. The third-order valence-electron chi connectivity index (χ3n) is 1.86. The Morgan fingerprint density at radius 2 is 2.46 bits per heavy atom. The van der Waals surface area contributed by atoms with Gasteiger partial charge in [0.05, 0.1) is 13.3 Å². The molecule has 0 bridgehead atoms. The van der Waals surface area contributed by atoms with Crippen LogP contribution in [0.15, 0.2) is 30.6 Å². The Bertz CT molecular complexity index is 382. The zero-order chi connectivity index (χ0) is 9.10. The molecule has 0 saturated carbocycles. The van der Waals surface area contributed by atoms with E-state index in [-0.39, 0.29) is 0 Å². The molecule has 0 saturated heterocycles. The lowest BCUT2D eigenvalue weighted by Crippen LogP contribution is -1.85. The summed E-state index contributed by atoms with van der Waals surface area (Å²) >= 11 is 0. The summed E-state index contributed by atoms with van der Waals surface area (Å²) in [6.45, 7) is 0. The summed E-state index contributed by atoms with van der Waals surface area (Å²) in [6.07, 6.45) is 3.59. The molecule has 0 unspecified atom stereocenters. The smallest absolute Gasteiger partial charge is 0.127 e. The third kappa shape index (κ3) is 1.40. The first-order valence-electron chi connectivity index (χ1n) is 3.95. The number of H-pyrrole nitrogens is 1. The fourth-order valence-electron chi connectivity index (χ4n) is 1.22. The molecule has 0 amide bonds. The Kier molecular flexibility index (Phi) is 2.00. The number of benzene rings is 1. The maximum absolute atomic E-state index is 5.20. The highest BCUT2D eigenvalue weighted by molar-refractivity contribution is 5.68. The Balaban J connectivity index is 2.51. The van der Waals surface area contributed by atoms with Crippen molar-refractivity contribution in [1.29, 1.82) is 0 Å². The SMILES string of the molecule is COc1c[c]ccc1-c1cn[nH]c1. The molecule has 1 aromatic heterocycles. The molecule has 3 heteroatoms. The van der Waals surface area contributed by atoms with E-state index in [0.29, 0.717) is 0 Å². The van der Waals surface area contributed by atoms with E-state index >= 15 is 0 Å². The molecule has 2 rings (SSSR count). The zero-order valence-electron chi connectivity index (χ0n) is 7.24. The molecule has 0 aliphatic rings. The number of ether oxygens (including phenoxy) is 1. The summed E-state index contributed by atoms with van der Waals surface area (Å²) in [7, 11) is 1.65. The summed E-state index contributed by atoms with van der Waals surface area (Å²) in [5, 5.41) is 6.65. The van der Waals surface area contributed by atoms with Crippen molar-refractivity contribution < 1.29 is 4.74 Å². The van der Waals surface area contributed by atoms with E-state index in [0.717, 1.165) is 16.9 Å². The number of aromatic nitrogens is 2. The molecule has 1 N–H and O–H groups in total. The van der Waals surface area contributed by atoms with Gasteiger partial charge in [0, 0.05) is 17.3 Å². The van der Waals surface area contributed by atoms with E-state index in [2.05, 4.69) is 16.3 Å². The fourth-order valence-corrected chi connectivity index (χ4v) is 1.22. The third-order valence-corrected chi connectivity index (χ3v) is 1.86. The minimum atomic E-state index is 0.809. The van der Waals surface area contributed by atoms with Crippen LogP contribution >= 0.6 is 0 Å². The van der Waals surface area contributed by atoms with Gasteiger partial charge >= 0.3 is 0 Å². The first-order chi connectivity index (χ1) is 6.42. The summed E-state index contributed by atoms with van der Waals surface area (Å²) in [6, 6.07) is 8.57. The predicted molar refractivity (Wildman–Crippen MR) is 49.4 cm³/mol. The Hall–Kier alpha value is -1.77. The fraction of sp³-hybridized carbons (Fsp3) is 0.100. The molecule has 65 valence electrons. The molecule has 0 atom stereocenters. The number of rotatable bonds is 2. The van der Waals surface area contributed by atoms with Crippen LogP contribution in [0.4, 0.5) is 0 Å². The standard InChI is InChI=1S/C10H9N2O/c1-13-10-5-3-2-4-9(10)8-6-11-12-7-8/h2,4-7H,1H3,(H,11,12). The molecule has 0 fully saturated rings. The van der Waals surface area contributed by atoms with E-state index < -0.39 is 0 Å². The lowest BCUT2D eigenvalue weighted by Gasteiger charge is -2.04. The lowest BCUT2D eigenvalue weighted by molar-refractivity contribution is 0.416. The molecular weight excluding hydrogens is 164 g/mol. The van der Waals surface area contributed by atoms with Crippen molar-refractivity contribution in [1.82, 2.24) is 10.2 Å². The van der Waals surface area contributed by atoms with Gasteiger partial charge in [-0.1, -0.05) is 6.07 Å². The van der Waals surface area contributed by atoms with Crippen molar-refractivity contribution in [2.75, 3.05) is 7.11 Å². The monoisotopic (exact) mass is 173 g/mol. The summed E-state index contributed by atoms with van der Waals surface area (Å²) < 4.78 is 5.20. The number of hydrogen-bond acceptors (Lipinski definition) is 2. The van der Waals surface area contributed by atoms with Crippen LogP contribution in [0.2, 0.25) is 0 Å². The van der Waals surface area contributed by atoms with Gasteiger partial charge in [-0.05, 0) is 18.2 Å². The molecule has 0 aliphatic carbocycles. The van der Waals surface area contributed by atoms with Crippen LogP contribution in [0.1, 0.15) is 0 Å². The van der Waals surface area contributed by atoms with Gasteiger partial charge in [0.2, 0.25) is 0 Å². The number of nitrogens with one attached hydrogen (secondary N) is 1. The van der Waals surface area contributed by atoms with Crippen molar-refractivity contribution in [3.63, 3.8) is 0 Å². The summed E-state index contributed by atoms with van der Waals surface area (Å²) in [4.78, 5) is 0. The van der Waals surface area contributed by atoms with Crippen LogP contribution in [-0.2, 0) is 0 Å². The minimum Gasteiger partial charge on any atom is -0.496 e. The van der Waals surface area contributed by atoms with Gasteiger partial charge < -0.3 is 4.74 Å². The number of aromatic amines is 1. The van der Waals surface area contributed by atoms with Gasteiger partial charge in [-0.3, -0.25) is 5.10 Å². The highest BCUT2D eigenvalue weighted by atomic mass is 16.5. The van der Waals surface area contributed by atoms with E-state index in [1.807, 2.05) is 24.4 Å². The normalized spacial score (nSPS) is 9.92. The zero-order valence-corrected chi connectivity index (χ0v) is 7.24. The van der Waals surface area contributed by atoms with Gasteiger partial charge in [-0.25, -0.2) is 0 Å². The van der Waals surface area contributed by atoms with Gasteiger partial charge in [0.15, 0.2) is 0 Å². The highest BCUT2D eigenvalue weighted by Gasteiger charge is 2.04. The lowest BCUT2D eigenvalue weighted by atomic mass is 10.1. The molecule has 1 aromatic carbocycles. The Labute approximate surface area is 76.4 Å². The number of methoxy groups -OCH3 is 1. The van der Waals surface area contributed by atoms with Crippen molar-refractivity contribution >= 4 is 0 Å². The Morgan fingerprint density at radius 1 is 1.54 bits per heavy atom. The molecule has 1 radical (unpaired) electrons. The number of hydrogen-bond donors (Lipinski definition) is 1. The van der Waals surface area contributed by atoms with Crippen molar-refractivity contribution in [2.24, 2.45) is 0 Å². The Morgan fingerprint density at radius 3 is 3.15 bits per heavy atom. The molecule has 13 heavy (non-hydrogen) atoms. The number of nitrogens with zero attached hydrogens (tertiary/aromatic N) is 1. The molecule has 0 aliphatic heterocycles. The molecular formula is C10H9N2O. The maximum Gasteiger partial charge on any atom is 0.127 e. The average molecular weight is 173 g/mol. The van der Waals surface area contributed by atoms with Crippen molar-refractivity contribution in [2.45, 2.75) is 0 Å². The van der Waals surface area contributed by atoms with E-state index in [9.17, 15) is 0 Å². The van der Waals surface area contributed by atoms with Gasteiger partial charge in [-0.2, -0.15) is 5.10 Å². The molecule has 1 heterocycles. The van der Waals surface area contributed by atoms with Crippen LogP contribution in [-0.4, -0.2) is 17.3 Å². The van der Waals surface area contributed by atoms with Crippen LogP contribution in [0, 0.1) is 6.07 Å². The second-order valence-electron chi connectivity index (χ2n) is 2.61. The predicted octanol–water partition coefficient (Wildman–Crippen LogP) is 1.89. The van der Waals surface area contributed by atoms with E-state index in [4.69, 9.17) is 4.74 Å².